The molecular formula is C20H17ClN4O3S. The molecule has 9 heteroatoms. The lowest BCUT2D eigenvalue weighted by Crippen LogP contribution is -2.21. The number of para-hydroxylation sites is 1. The van der Waals surface area contributed by atoms with Gasteiger partial charge in [0.15, 0.2) is 6.61 Å². The number of benzene rings is 2. The highest BCUT2D eigenvalue weighted by molar-refractivity contribution is 7.15. The highest BCUT2D eigenvalue weighted by Gasteiger charge is 2.16. The number of thiazole rings is 1. The van der Waals surface area contributed by atoms with Crippen molar-refractivity contribution in [3.05, 3.63) is 58.4 Å². The number of rotatable bonds is 6. The summed E-state index contributed by atoms with van der Waals surface area (Å²) in [6.07, 6.45) is 0. The van der Waals surface area contributed by atoms with Gasteiger partial charge in [0.2, 0.25) is 4.96 Å². The molecule has 1 N–H and O–H groups in total. The second-order valence-corrected chi connectivity index (χ2v) is 7.44. The number of methoxy groups -OCH3 is 1. The van der Waals surface area contributed by atoms with Crippen LogP contribution in [0.4, 0.5) is 5.95 Å². The smallest absolute Gasteiger partial charge is 0.264 e. The minimum atomic E-state index is -0.352. The van der Waals surface area contributed by atoms with E-state index in [1.807, 2.05) is 36.6 Å². The summed E-state index contributed by atoms with van der Waals surface area (Å²) in [6.45, 7) is 1.71. The molecule has 0 aliphatic rings. The lowest BCUT2D eigenvalue weighted by atomic mass is 10.1. The van der Waals surface area contributed by atoms with E-state index in [1.165, 1.54) is 11.3 Å². The second-order valence-electron chi connectivity index (χ2n) is 6.20. The van der Waals surface area contributed by atoms with E-state index in [9.17, 15) is 4.79 Å². The topological polar surface area (TPSA) is 77.8 Å². The van der Waals surface area contributed by atoms with Gasteiger partial charge >= 0.3 is 0 Å². The number of amides is 1. The van der Waals surface area contributed by atoms with Crippen LogP contribution in [-0.4, -0.2) is 34.2 Å². The van der Waals surface area contributed by atoms with Gasteiger partial charge in [0.25, 0.3) is 11.9 Å². The molecule has 1 amide bonds. The number of nitrogens with zero attached hydrogens (tertiary/aromatic N) is 3. The fourth-order valence-electron chi connectivity index (χ4n) is 2.79. The Morgan fingerprint density at radius 2 is 2.10 bits per heavy atom. The van der Waals surface area contributed by atoms with Gasteiger partial charge in [0, 0.05) is 16.0 Å². The summed E-state index contributed by atoms with van der Waals surface area (Å²) < 4.78 is 12.6. The zero-order valence-electron chi connectivity index (χ0n) is 15.7. The molecule has 0 atom stereocenters. The first-order valence-electron chi connectivity index (χ1n) is 8.71. The number of aromatic nitrogens is 3. The third-order valence-electron chi connectivity index (χ3n) is 4.22. The van der Waals surface area contributed by atoms with E-state index >= 15 is 0 Å². The number of ether oxygens (including phenoxy) is 2. The largest absolute Gasteiger partial charge is 0.496 e. The van der Waals surface area contributed by atoms with Gasteiger partial charge in [-0.25, -0.2) is 4.52 Å². The van der Waals surface area contributed by atoms with Crippen LogP contribution in [0.3, 0.4) is 0 Å². The monoisotopic (exact) mass is 428 g/mol. The molecule has 0 fully saturated rings. The van der Waals surface area contributed by atoms with Crippen LogP contribution in [-0.2, 0) is 4.79 Å². The Hall–Kier alpha value is -3.10. The predicted octanol–water partition coefficient (Wildman–Crippen LogP) is 4.45. The molecule has 2 heterocycles. The Balaban J connectivity index is 1.48. The average Bonchev–Trinajstić information content (AvgIpc) is 3.29. The van der Waals surface area contributed by atoms with Crippen molar-refractivity contribution in [2.75, 3.05) is 19.0 Å². The number of carbonyl (C=O) groups is 1. The lowest BCUT2D eigenvalue weighted by molar-refractivity contribution is -0.118. The van der Waals surface area contributed by atoms with Crippen molar-refractivity contribution in [1.82, 2.24) is 14.6 Å². The predicted molar refractivity (Wildman–Crippen MR) is 113 cm³/mol. The van der Waals surface area contributed by atoms with Crippen molar-refractivity contribution in [2.45, 2.75) is 6.92 Å². The third-order valence-corrected chi connectivity index (χ3v) is 5.46. The van der Waals surface area contributed by atoms with Gasteiger partial charge in [-0.15, -0.1) is 16.4 Å². The van der Waals surface area contributed by atoms with E-state index in [1.54, 1.807) is 29.8 Å². The maximum atomic E-state index is 12.2. The molecule has 0 radical (unpaired) electrons. The van der Waals surface area contributed by atoms with E-state index in [4.69, 9.17) is 21.1 Å². The summed E-state index contributed by atoms with van der Waals surface area (Å²) in [4.78, 5) is 17.2. The Morgan fingerprint density at radius 3 is 2.90 bits per heavy atom. The van der Waals surface area contributed by atoms with Crippen LogP contribution >= 0.6 is 22.9 Å². The first kappa shape index (κ1) is 19.2. The van der Waals surface area contributed by atoms with Gasteiger partial charge in [-0.1, -0.05) is 23.7 Å². The summed E-state index contributed by atoms with van der Waals surface area (Å²) in [6, 6.07) is 12.9. The van der Waals surface area contributed by atoms with Crippen molar-refractivity contribution < 1.29 is 14.3 Å². The number of hydrogen-bond donors (Lipinski definition) is 1. The average molecular weight is 429 g/mol. The number of hydrogen-bond acceptors (Lipinski definition) is 6. The molecule has 0 aliphatic heterocycles. The van der Waals surface area contributed by atoms with Crippen LogP contribution in [0, 0.1) is 6.92 Å². The molecule has 0 spiro atoms. The van der Waals surface area contributed by atoms with E-state index in [2.05, 4.69) is 15.4 Å². The molecule has 4 aromatic rings. The maximum Gasteiger partial charge on any atom is 0.264 e. The van der Waals surface area contributed by atoms with Crippen LogP contribution < -0.4 is 14.8 Å². The first-order chi connectivity index (χ1) is 14.0. The molecule has 2 aromatic heterocycles. The Kier molecular flexibility index (Phi) is 5.37. The van der Waals surface area contributed by atoms with Gasteiger partial charge in [-0.05, 0) is 42.8 Å². The summed E-state index contributed by atoms with van der Waals surface area (Å²) >= 11 is 7.42. The van der Waals surface area contributed by atoms with Crippen molar-refractivity contribution >= 4 is 39.8 Å². The SMILES string of the molecule is COc1ccccc1-c1csc2nc(NC(=O)COc3ccc(Cl)c(C)c3)nn12. The first-order valence-corrected chi connectivity index (χ1v) is 9.97. The normalized spacial score (nSPS) is 10.9. The molecule has 0 aliphatic carbocycles. The zero-order valence-corrected chi connectivity index (χ0v) is 17.3. The van der Waals surface area contributed by atoms with Crippen molar-refractivity contribution in [3.8, 4) is 22.8 Å². The molecule has 29 heavy (non-hydrogen) atoms. The van der Waals surface area contributed by atoms with E-state index < -0.39 is 0 Å². The number of fused-ring (bicyclic) bond motifs is 1. The number of carbonyl (C=O) groups excluding carboxylic acids is 1. The summed E-state index contributed by atoms with van der Waals surface area (Å²) in [5, 5.41) is 9.66. The minimum absolute atomic E-state index is 0.159. The van der Waals surface area contributed by atoms with Crippen LogP contribution in [0.15, 0.2) is 47.8 Å². The molecule has 0 saturated carbocycles. The van der Waals surface area contributed by atoms with E-state index in [0.717, 1.165) is 22.6 Å². The molecule has 7 nitrogen and oxygen atoms in total. The number of aryl methyl sites for hydroxylation is 1. The standard InChI is InChI=1S/C20H17ClN4O3S/c1-12-9-13(7-8-15(12)21)28-10-18(26)22-19-23-20-25(24-19)16(11-29-20)14-5-3-4-6-17(14)27-2/h3-9,11H,10H2,1-2H3,(H,22,24,26). The van der Waals surface area contributed by atoms with Gasteiger partial charge in [-0.3, -0.25) is 10.1 Å². The minimum Gasteiger partial charge on any atom is -0.496 e. The Labute approximate surface area is 175 Å². The second kappa shape index (κ2) is 8.10. The fourth-order valence-corrected chi connectivity index (χ4v) is 3.73. The van der Waals surface area contributed by atoms with Crippen molar-refractivity contribution in [1.29, 1.82) is 0 Å². The molecule has 0 unspecified atom stereocenters. The summed E-state index contributed by atoms with van der Waals surface area (Å²) in [7, 11) is 1.62. The molecule has 2 aromatic carbocycles. The highest BCUT2D eigenvalue weighted by Crippen LogP contribution is 2.32. The van der Waals surface area contributed by atoms with Crippen molar-refractivity contribution in [3.63, 3.8) is 0 Å². The summed E-state index contributed by atoms with van der Waals surface area (Å²) in [5.74, 6) is 1.17. The summed E-state index contributed by atoms with van der Waals surface area (Å²) in [5.41, 5.74) is 2.61. The van der Waals surface area contributed by atoms with Crippen LogP contribution in [0.1, 0.15) is 5.56 Å². The van der Waals surface area contributed by atoms with Crippen LogP contribution in [0.5, 0.6) is 11.5 Å². The molecule has 0 bridgehead atoms. The van der Waals surface area contributed by atoms with Gasteiger partial charge < -0.3 is 9.47 Å². The number of anilines is 1. The molecule has 0 saturated heterocycles. The van der Waals surface area contributed by atoms with Gasteiger partial charge in [-0.2, -0.15) is 4.98 Å². The van der Waals surface area contributed by atoms with Crippen LogP contribution in [0.2, 0.25) is 5.02 Å². The highest BCUT2D eigenvalue weighted by atomic mass is 35.5. The third kappa shape index (κ3) is 4.03. The Morgan fingerprint density at radius 1 is 1.28 bits per heavy atom. The molecule has 148 valence electrons. The van der Waals surface area contributed by atoms with Crippen LogP contribution in [0.25, 0.3) is 16.2 Å². The quantitative estimate of drug-likeness (QED) is 0.491. The zero-order chi connectivity index (χ0) is 20.4. The fraction of sp³-hybridized carbons (Fsp3) is 0.150. The van der Waals surface area contributed by atoms with E-state index in [-0.39, 0.29) is 18.5 Å². The molecular weight excluding hydrogens is 412 g/mol. The maximum absolute atomic E-state index is 12.2. The lowest BCUT2D eigenvalue weighted by Gasteiger charge is -2.07. The van der Waals surface area contributed by atoms with Gasteiger partial charge in [0.1, 0.15) is 11.5 Å². The number of nitrogens with one attached hydrogen (secondary N) is 1. The molecule has 4 rings (SSSR count). The Bertz CT molecular complexity index is 1190. The number of halogens is 1. The van der Waals surface area contributed by atoms with Crippen molar-refractivity contribution in [2.24, 2.45) is 0 Å². The van der Waals surface area contributed by atoms with E-state index in [0.29, 0.717) is 15.7 Å². The van der Waals surface area contributed by atoms with Gasteiger partial charge in [0.05, 0.1) is 12.8 Å².